The lowest BCUT2D eigenvalue weighted by Crippen LogP contribution is -2.37. The number of carbonyl (C=O) groups is 1. The van der Waals surface area contributed by atoms with Crippen molar-refractivity contribution in [2.75, 3.05) is 24.3 Å². The summed E-state index contributed by atoms with van der Waals surface area (Å²) in [6.45, 7) is 1.13. The summed E-state index contributed by atoms with van der Waals surface area (Å²) in [6, 6.07) is 11.8. The molecule has 0 bridgehead atoms. The van der Waals surface area contributed by atoms with Gasteiger partial charge in [0.25, 0.3) is 5.91 Å². The van der Waals surface area contributed by atoms with Gasteiger partial charge < -0.3 is 4.74 Å². The number of fused-ring (bicyclic) bond motifs is 1. The normalized spacial score (nSPS) is 16.7. The Kier molecular flexibility index (Phi) is 5.43. The molecule has 7 heteroatoms. The van der Waals surface area contributed by atoms with Crippen LogP contribution in [0.15, 0.2) is 47.4 Å². The predicted molar refractivity (Wildman–Crippen MR) is 108 cm³/mol. The van der Waals surface area contributed by atoms with Gasteiger partial charge >= 0.3 is 0 Å². The Morgan fingerprint density at radius 1 is 1.37 bits per heavy atom. The van der Waals surface area contributed by atoms with E-state index in [1.54, 1.807) is 28.8 Å². The summed E-state index contributed by atoms with van der Waals surface area (Å²) in [5.41, 5.74) is 1.21. The number of para-hydroxylation sites is 1. The molecule has 1 fully saturated rings. The van der Waals surface area contributed by atoms with E-state index in [0.717, 1.165) is 28.0 Å². The van der Waals surface area contributed by atoms with Gasteiger partial charge in [-0.25, -0.2) is 9.37 Å². The Morgan fingerprint density at radius 3 is 2.96 bits per heavy atom. The monoisotopic (exact) mass is 402 g/mol. The highest BCUT2D eigenvalue weighted by Gasteiger charge is 2.27. The van der Waals surface area contributed by atoms with E-state index in [1.807, 2.05) is 24.5 Å². The van der Waals surface area contributed by atoms with Crippen molar-refractivity contribution in [3.8, 4) is 0 Å². The van der Waals surface area contributed by atoms with E-state index in [9.17, 15) is 9.18 Å². The lowest BCUT2D eigenvalue weighted by molar-refractivity contribution is 0.0917. The van der Waals surface area contributed by atoms with Crippen molar-refractivity contribution in [3.63, 3.8) is 0 Å². The molecule has 1 aliphatic rings. The molecule has 140 valence electrons. The second-order valence-corrected chi connectivity index (χ2v) is 8.22. The van der Waals surface area contributed by atoms with Crippen LogP contribution in [0.5, 0.6) is 0 Å². The highest BCUT2D eigenvalue weighted by Crippen LogP contribution is 2.35. The Labute approximate surface area is 165 Å². The van der Waals surface area contributed by atoms with E-state index in [2.05, 4.69) is 0 Å². The summed E-state index contributed by atoms with van der Waals surface area (Å²) < 4.78 is 20.4. The first-order valence-electron chi connectivity index (χ1n) is 8.78. The molecular weight excluding hydrogens is 383 g/mol. The molecule has 4 rings (SSSR count). The summed E-state index contributed by atoms with van der Waals surface area (Å²) in [5.74, 6) is -0.679. The zero-order chi connectivity index (χ0) is 18.8. The van der Waals surface area contributed by atoms with Crippen LogP contribution in [0.25, 0.3) is 10.2 Å². The number of carbonyl (C=O) groups excluding carboxylic acids is 1. The van der Waals surface area contributed by atoms with Crippen molar-refractivity contribution in [1.82, 2.24) is 4.98 Å². The van der Waals surface area contributed by atoms with Crippen molar-refractivity contribution in [2.45, 2.75) is 23.8 Å². The van der Waals surface area contributed by atoms with Gasteiger partial charge in [-0.15, -0.1) is 11.8 Å². The topological polar surface area (TPSA) is 42.4 Å². The maximum Gasteiger partial charge on any atom is 0.260 e. The Hall–Kier alpha value is -1.96. The first-order valence-corrected chi connectivity index (χ1v) is 10.8. The highest BCUT2D eigenvalue weighted by atomic mass is 32.2. The molecule has 1 amide bonds. The van der Waals surface area contributed by atoms with Gasteiger partial charge in [-0.2, -0.15) is 0 Å². The van der Waals surface area contributed by atoms with Crippen LogP contribution in [0.1, 0.15) is 23.2 Å². The molecule has 4 nitrogen and oxygen atoms in total. The summed E-state index contributed by atoms with van der Waals surface area (Å²) in [6.07, 6.45) is 3.89. The van der Waals surface area contributed by atoms with Gasteiger partial charge in [0.05, 0.1) is 22.9 Å². The molecule has 1 aliphatic heterocycles. The third-order valence-electron chi connectivity index (χ3n) is 4.55. The second-order valence-electron chi connectivity index (χ2n) is 6.36. The summed E-state index contributed by atoms with van der Waals surface area (Å²) in [4.78, 5) is 20.6. The van der Waals surface area contributed by atoms with Crippen molar-refractivity contribution in [1.29, 1.82) is 0 Å². The lowest BCUT2D eigenvalue weighted by Gasteiger charge is -2.23. The van der Waals surface area contributed by atoms with E-state index in [1.165, 1.54) is 23.5 Å². The quantitative estimate of drug-likeness (QED) is 0.564. The minimum atomic E-state index is -0.424. The van der Waals surface area contributed by atoms with Crippen molar-refractivity contribution >= 4 is 44.4 Å². The fourth-order valence-electron chi connectivity index (χ4n) is 3.21. The number of anilines is 1. The summed E-state index contributed by atoms with van der Waals surface area (Å²) in [7, 11) is 0. The number of halogens is 1. The number of rotatable bonds is 5. The molecule has 0 unspecified atom stereocenters. The van der Waals surface area contributed by atoms with E-state index in [0.29, 0.717) is 23.8 Å². The maximum absolute atomic E-state index is 13.7. The summed E-state index contributed by atoms with van der Waals surface area (Å²) in [5, 5.41) is 0.622. The highest BCUT2D eigenvalue weighted by molar-refractivity contribution is 7.98. The van der Waals surface area contributed by atoms with E-state index < -0.39 is 5.82 Å². The first-order chi connectivity index (χ1) is 13.2. The van der Waals surface area contributed by atoms with Gasteiger partial charge in [0.15, 0.2) is 5.13 Å². The Morgan fingerprint density at radius 2 is 2.22 bits per heavy atom. The average Bonchev–Trinajstić information content (AvgIpc) is 3.34. The molecule has 3 aromatic rings. The third-order valence-corrected chi connectivity index (χ3v) is 6.36. The SMILES string of the molecule is CSc1cccc2sc(N(C[C@@H]3CCCO3)C(=O)c3cccc(F)c3)nc12. The van der Waals surface area contributed by atoms with Gasteiger partial charge in [-0.05, 0) is 49.4 Å². The molecule has 0 N–H and O–H groups in total. The van der Waals surface area contributed by atoms with Crippen LogP contribution in [-0.4, -0.2) is 36.4 Å². The van der Waals surface area contributed by atoms with Gasteiger partial charge in [-0.1, -0.05) is 23.5 Å². The minimum absolute atomic E-state index is 0.0189. The molecule has 27 heavy (non-hydrogen) atoms. The molecule has 0 spiro atoms. The molecule has 2 aromatic carbocycles. The molecule has 1 aromatic heterocycles. The van der Waals surface area contributed by atoms with E-state index >= 15 is 0 Å². The third kappa shape index (κ3) is 3.85. The maximum atomic E-state index is 13.7. The smallest absolute Gasteiger partial charge is 0.260 e. The van der Waals surface area contributed by atoms with Crippen LogP contribution in [-0.2, 0) is 4.74 Å². The fourth-order valence-corrected chi connectivity index (χ4v) is 4.84. The predicted octanol–water partition coefficient (Wildman–Crippen LogP) is 4.98. The van der Waals surface area contributed by atoms with Crippen LogP contribution in [0.3, 0.4) is 0 Å². The molecule has 1 saturated heterocycles. The molecular formula is C20H19FN2O2S2. The molecule has 0 radical (unpaired) electrons. The second kappa shape index (κ2) is 7.96. The number of nitrogens with zero attached hydrogens (tertiary/aromatic N) is 2. The van der Waals surface area contributed by atoms with Crippen molar-refractivity contribution in [3.05, 3.63) is 53.8 Å². The molecule has 0 aliphatic carbocycles. The number of thioether (sulfide) groups is 1. The van der Waals surface area contributed by atoms with Crippen LogP contribution in [0, 0.1) is 5.82 Å². The fraction of sp³-hybridized carbons (Fsp3) is 0.300. The van der Waals surface area contributed by atoms with Crippen LogP contribution < -0.4 is 4.90 Å². The average molecular weight is 403 g/mol. The van der Waals surface area contributed by atoms with E-state index in [4.69, 9.17) is 9.72 Å². The number of benzene rings is 2. The number of aromatic nitrogens is 1. The number of thiazole rings is 1. The van der Waals surface area contributed by atoms with Crippen molar-refractivity contribution in [2.24, 2.45) is 0 Å². The van der Waals surface area contributed by atoms with Gasteiger partial charge in [0.2, 0.25) is 0 Å². The Bertz CT molecular complexity index is 970. The number of hydrogen-bond acceptors (Lipinski definition) is 5. The van der Waals surface area contributed by atoms with E-state index in [-0.39, 0.29) is 12.0 Å². The van der Waals surface area contributed by atoms with Gasteiger partial charge in [-0.3, -0.25) is 9.69 Å². The van der Waals surface area contributed by atoms with Gasteiger partial charge in [0.1, 0.15) is 5.82 Å². The molecule has 0 saturated carbocycles. The zero-order valence-electron chi connectivity index (χ0n) is 14.9. The largest absolute Gasteiger partial charge is 0.376 e. The van der Waals surface area contributed by atoms with Crippen LogP contribution in [0.2, 0.25) is 0 Å². The lowest BCUT2D eigenvalue weighted by atomic mass is 10.1. The Balaban J connectivity index is 1.74. The standard InChI is InChI=1S/C20H19FN2O2S2/c1-26-16-8-3-9-17-18(16)22-20(27-17)23(12-15-7-4-10-25-15)19(24)13-5-2-6-14(21)11-13/h2-3,5-6,8-9,11,15H,4,7,10,12H2,1H3/t15-/m0/s1. The first kappa shape index (κ1) is 18.4. The summed E-state index contributed by atoms with van der Waals surface area (Å²) >= 11 is 3.11. The van der Waals surface area contributed by atoms with Crippen LogP contribution in [0.4, 0.5) is 9.52 Å². The number of ether oxygens (including phenoxy) is 1. The number of amides is 1. The van der Waals surface area contributed by atoms with Crippen LogP contribution >= 0.6 is 23.1 Å². The molecule has 1 atom stereocenters. The zero-order valence-corrected chi connectivity index (χ0v) is 16.5. The molecule has 2 heterocycles. The minimum Gasteiger partial charge on any atom is -0.376 e. The number of hydrogen-bond donors (Lipinski definition) is 0. The van der Waals surface area contributed by atoms with Crippen molar-refractivity contribution < 1.29 is 13.9 Å². The van der Waals surface area contributed by atoms with Gasteiger partial charge in [0, 0.05) is 17.1 Å².